The fraction of sp³-hybridized carbons (Fsp3) is 0.444. The first-order valence-corrected chi connectivity index (χ1v) is 9.50. The van der Waals surface area contributed by atoms with E-state index in [9.17, 15) is 14.4 Å². The van der Waals surface area contributed by atoms with Gasteiger partial charge in [-0.15, -0.1) is 0 Å². The number of amides is 2. The molecular formula is C18H24ClN3O4S. The van der Waals surface area contributed by atoms with Gasteiger partial charge >= 0.3 is 5.97 Å². The molecule has 27 heavy (non-hydrogen) atoms. The van der Waals surface area contributed by atoms with E-state index in [1.807, 2.05) is 13.8 Å². The molecule has 2 amide bonds. The van der Waals surface area contributed by atoms with Crippen molar-refractivity contribution in [2.24, 2.45) is 0 Å². The van der Waals surface area contributed by atoms with E-state index in [-0.39, 0.29) is 23.9 Å². The van der Waals surface area contributed by atoms with Crippen LogP contribution >= 0.6 is 23.8 Å². The number of hydrogen-bond donors (Lipinski definition) is 3. The van der Waals surface area contributed by atoms with Crippen molar-refractivity contribution in [3.63, 3.8) is 0 Å². The van der Waals surface area contributed by atoms with Crippen LogP contribution in [0.3, 0.4) is 0 Å². The minimum absolute atomic E-state index is 0.0197. The highest BCUT2D eigenvalue weighted by Gasteiger charge is 2.11. The van der Waals surface area contributed by atoms with E-state index in [1.165, 1.54) is 0 Å². The van der Waals surface area contributed by atoms with Crippen molar-refractivity contribution in [3.8, 4) is 0 Å². The topological polar surface area (TPSA) is 96.5 Å². The van der Waals surface area contributed by atoms with Gasteiger partial charge < -0.3 is 20.7 Å². The number of halogens is 1. The number of benzene rings is 1. The molecule has 1 aromatic carbocycles. The Hall–Kier alpha value is -2.19. The van der Waals surface area contributed by atoms with Crippen LogP contribution in [-0.2, 0) is 19.1 Å². The summed E-state index contributed by atoms with van der Waals surface area (Å²) in [6, 6.07) is 4.90. The summed E-state index contributed by atoms with van der Waals surface area (Å²) in [7, 11) is 0. The van der Waals surface area contributed by atoms with Crippen LogP contribution in [0.25, 0.3) is 0 Å². The fourth-order valence-electron chi connectivity index (χ4n) is 2.00. The number of nitrogens with one attached hydrogen (secondary N) is 3. The van der Waals surface area contributed by atoms with Crippen molar-refractivity contribution in [2.75, 3.05) is 17.2 Å². The first kappa shape index (κ1) is 22.9. The maximum Gasteiger partial charge on any atom is 0.306 e. The summed E-state index contributed by atoms with van der Waals surface area (Å²) in [4.78, 5) is 34.9. The molecule has 0 unspecified atom stereocenters. The first-order valence-electron chi connectivity index (χ1n) is 8.71. The highest BCUT2D eigenvalue weighted by molar-refractivity contribution is 7.80. The van der Waals surface area contributed by atoms with Gasteiger partial charge in [0.15, 0.2) is 5.11 Å². The molecule has 3 N–H and O–H groups in total. The molecule has 0 saturated heterocycles. The molecule has 0 aliphatic rings. The molecule has 1 rings (SSSR count). The van der Waals surface area contributed by atoms with E-state index in [2.05, 4.69) is 16.0 Å². The van der Waals surface area contributed by atoms with Crippen LogP contribution in [0, 0.1) is 0 Å². The number of anilines is 2. The van der Waals surface area contributed by atoms with E-state index < -0.39 is 11.9 Å². The standard InChI is InChI=1S/C18H24ClN3O4S/c1-3-5-15(23)20-12-6-7-13(19)14(11-12)21-18(27)22-16(24)8-9-17(25)26-10-4-2/h6-7,11H,3-5,8-10H2,1-2H3,(H,20,23)(H2,21,22,24,27). The largest absolute Gasteiger partial charge is 0.466 e. The predicted octanol–water partition coefficient (Wildman–Crippen LogP) is 3.63. The number of ether oxygens (including phenoxy) is 1. The van der Waals surface area contributed by atoms with Crippen LogP contribution in [-0.4, -0.2) is 29.5 Å². The second-order valence-electron chi connectivity index (χ2n) is 5.72. The fourth-order valence-corrected chi connectivity index (χ4v) is 2.38. The summed E-state index contributed by atoms with van der Waals surface area (Å²) in [5.74, 6) is -0.939. The van der Waals surface area contributed by atoms with Crippen LogP contribution in [0.15, 0.2) is 18.2 Å². The van der Waals surface area contributed by atoms with Gasteiger partial charge in [0.1, 0.15) is 0 Å². The highest BCUT2D eigenvalue weighted by atomic mass is 35.5. The quantitative estimate of drug-likeness (QED) is 0.422. The number of hydrogen-bond acceptors (Lipinski definition) is 5. The Bertz CT molecular complexity index is 697. The lowest BCUT2D eigenvalue weighted by Gasteiger charge is -2.13. The number of rotatable bonds is 9. The van der Waals surface area contributed by atoms with Crippen molar-refractivity contribution < 1.29 is 19.1 Å². The highest BCUT2D eigenvalue weighted by Crippen LogP contribution is 2.25. The molecule has 0 saturated carbocycles. The molecular weight excluding hydrogens is 390 g/mol. The van der Waals surface area contributed by atoms with Crippen molar-refractivity contribution in [3.05, 3.63) is 23.2 Å². The Labute approximate surface area is 169 Å². The zero-order chi connectivity index (χ0) is 20.2. The smallest absolute Gasteiger partial charge is 0.306 e. The third kappa shape index (κ3) is 9.35. The van der Waals surface area contributed by atoms with Gasteiger partial charge in [0, 0.05) is 18.5 Å². The summed E-state index contributed by atoms with van der Waals surface area (Å²) in [6.07, 6.45) is 1.83. The Kier molecular flexibility index (Phi) is 10.4. The number of carbonyl (C=O) groups is 3. The minimum atomic E-state index is -0.426. The van der Waals surface area contributed by atoms with Crippen LogP contribution in [0.4, 0.5) is 11.4 Å². The second kappa shape index (κ2) is 12.2. The van der Waals surface area contributed by atoms with E-state index in [0.29, 0.717) is 29.4 Å². The molecule has 148 valence electrons. The van der Waals surface area contributed by atoms with Crippen molar-refractivity contribution >= 4 is 58.1 Å². The van der Waals surface area contributed by atoms with E-state index in [4.69, 9.17) is 28.6 Å². The molecule has 0 atom stereocenters. The van der Waals surface area contributed by atoms with Crippen LogP contribution in [0.2, 0.25) is 5.02 Å². The normalized spacial score (nSPS) is 10.0. The van der Waals surface area contributed by atoms with Gasteiger partial charge in [0.05, 0.1) is 23.7 Å². The van der Waals surface area contributed by atoms with E-state index >= 15 is 0 Å². The van der Waals surface area contributed by atoms with Crippen LogP contribution in [0.1, 0.15) is 46.0 Å². The van der Waals surface area contributed by atoms with Crippen molar-refractivity contribution in [1.29, 1.82) is 0 Å². The maximum atomic E-state index is 11.9. The molecule has 0 aliphatic heterocycles. The summed E-state index contributed by atoms with van der Waals surface area (Å²) in [5, 5.41) is 8.46. The van der Waals surface area contributed by atoms with E-state index in [1.54, 1.807) is 18.2 Å². The molecule has 9 heteroatoms. The second-order valence-corrected chi connectivity index (χ2v) is 6.53. The predicted molar refractivity (Wildman–Crippen MR) is 110 cm³/mol. The van der Waals surface area contributed by atoms with E-state index in [0.717, 1.165) is 12.8 Å². The summed E-state index contributed by atoms with van der Waals surface area (Å²) in [5.41, 5.74) is 1.01. The lowest BCUT2D eigenvalue weighted by atomic mass is 10.2. The lowest BCUT2D eigenvalue weighted by Crippen LogP contribution is -2.34. The van der Waals surface area contributed by atoms with Gasteiger partial charge in [-0.05, 0) is 43.3 Å². The molecule has 0 aliphatic carbocycles. The Morgan fingerprint density at radius 1 is 1.04 bits per heavy atom. The molecule has 0 radical (unpaired) electrons. The number of carbonyl (C=O) groups excluding carboxylic acids is 3. The molecule has 0 spiro atoms. The maximum absolute atomic E-state index is 11.9. The molecule has 0 heterocycles. The molecule has 1 aromatic rings. The Balaban J connectivity index is 2.54. The number of thiocarbonyl (C=S) groups is 1. The zero-order valence-corrected chi connectivity index (χ0v) is 17.0. The number of esters is 1. The Morgan fingerprint density at radius 3 is 2.44 bits per heavy atom. The van der Waals surface area contributed by atoms with Gasteiger partial charge in [0.25, 0.3) is 0 Å². The SMILES string of the molecule is CCCOC(=O)CCC(=O)NC(=S)Nc1cc(NC(=O)CCC)ccc1Cl. The van der Waals surface area contributed by atoms with Crippen LogP contribution < -0.4 is 16.0 Å². The summed E-state index contributed by atoms with van der Waals surface area (Å²) >= 11 is 11.2. The summed E-state index contributed by atoms with van der Waals surface area (Å²) in [6.45, 7) is 4.14. The van der Waals surface area contributed by atoms with Crippen molar-refractivity contribution in [1.82, 2.24) is 5.32 Å². The minimum Gasteiger partial charge on any atom is -0.466 e. The average Bonchev–Trinajstić information content (AvgIpc) is 2.61. The Morgan fingerprint density at radius 2 is 1.78 bits per heavy atom. The molecule has 0 aromatic heterocycles. The average molecular weight is 414 g/mol. The third-order valence-electron chi connectivity index (χ3n) is 3.25. The zero-order valence-electron chi connectivity index (χ0n) is 15.4. The van der Waals surface area contributed by atoms with Gasteiger partial charge in [-0.2, -0.15) is 0 Å². The molecule has 7 nitrogen and oxygen atoms in total. The molecule has 0 bridgehead atoms. The molecule has 0 fully saturated rings. The third-order valence-corrected chi connectivity index (χ3v) is 3.79. The lowest BCUT2D eigenvalue weighted by molar-refractivity contribution is -0.144. The van der Waals surface area contributed by atoms with Gasteiger partial charge in [-0.25, -0.2) is 0 Å². The van der Waals surface area contributed by atoms with Gasteiger partial charge in [-0.1, -0.05) is 25.4 Å². The first-order chi connectivity index (χ1) is 12.8. The van der Waals surface area contributed by atoms with Gasteiger partial charge in [0.2, 0.25) is 11.8 Å². The summed E-state index contributed by atoms with van der Waals surface area (Å²) < 4.78 is 4.90. The van der Waals surface area contributed by atoms with Crippen molar-refractivity contribution in [2.45, 2.75) is 46.0 Å². The monoisotopic (exact) mass is 413 g/mol. The van der Waals surface area contributed by atoms with Gasteiger partial charge in [-0.3, -0.25) is 14.4 Å². The van der Waals surface area contributed by atoms with Crippen LogP contribution in [0.5, 0.6) is 0 Å².